The first-order valence-corrected chi connectivity index (χ1v) is 7.27. The Bertz CT molecular complexity index is 741. The molecule has 5 heteroatoms. The van der Waals surface area contributed by atoms with Crippen LogP contribution < -0.4 is 0 Å². The lowest BCUT2D eigenvalue weighted by Gasteiger charge is -2.32. The molecule has 3 rings (SSSR count). The highest BCUT2D eigenvalue weighted by Crippen LogP contribution is 2.38. The molecule has 2 aromatic rings. The molecule has 0 radical (unpaired) electrons. The third-order valence-electron chi connectivity index (χ3n) is 3.87. The average Bonchev–Trinajstić information content (AvgIpc) is 2.48. The minimum absolute atomic E-state index is 0.368. The lowest BCUT2D eigenvalue weighted by atomic mass is 9.85. The Balaban J connectivity index is 2.08. The molecule has 0 saturated heterocycles. The largest absolute Gasteiger partial charge is 0.458 e. The molecule has 114 valence electrons. The minimum Gasteiger partial charge on any atom is -0.458 e. The van der Waals surface area contributed by atoms with E-state index in [-0.39, 0.29) is 11.9 Å². The Morgan fingerprint density at radius 1 is 1.14 bits per heavy atom. The molecule has 5 nitrogen and oxygen atoms in total. The predicted octanol–water partition coefficient (Wildman–Crippen LogP) is 2.72. The number of fused-ring (bicyclic) bond motifs is 3. The predicted molar refractivity (Wildman–Crippen MR) is 80.1 cm³/mol. The highest BCUT2D eigenvalue weighted by Gasteiger charge is 2.35. The zero-order valence-electron chi connectivity index (χ0n) is 12.5. The van der Waals surface area contributed by atoms with Crippen LogP contribution in [-0.4, -0.2) is 23.0 Å². The van der Waals surface area contributed by atoms with E-state index in [9.17, 15) is 9.59 Å². The van der Waals surface area contributed by atoms with Crippen LogP contribution in [0.3, 0.4) is 0 Å². The van der Waals surface area contributed by atoms with Gasteiger partial charge in [0, 0.05) is 31.0 Å². The Kier molecular flexibility index (Phi) is 3.79. The van der Waals surface area contributed by atoms with Gasteiger partial charge in [-0.25, -0.2) is 0 Å². The van der Waals surface area contributed by atoms with Gasteiger partial charge < -0.3 is 9.47 Å². The van der Waals surface area contributed by atoms with E-state index in [0.29, 0.717) is 6.42 Å². The quantitative estimate of drug-likeness (QED) is 0.798. The second-order valence-electron chi connectivity index (χ2n) is 5.42. The number of hydrogen-bond acceptors (Lipinski definition) is 5. The molecular formula is C17H17NO4. The minimum atomic E-state index is -0.560. The average molecular weight is 299 g/mol. The zero-order chi connectivity index (χ0) is 15.7. The smallest absolute Gasteiger partial charge is 0.303 e. The van der Waals surface area contributed by atoms with Crippen LogP contribution in [0.5, 0.6) is 0 Å². The summed E-state index contributed by atoms with van der Waals surface area (Å²) < 4.78 is 10.8. The van der Waals surface area contributed by atoms with Crippen LogP contribution in [0.15, 0.2) is 30.5 Å². The second-order valence-corrected chi connectivity index (χ2v) is 5.42. The molecule has 1 aromatic carbocycles. The van der Waals surface area contributed by atoms with Crippen molar-refractivity contribution in [2.24, 2.45) is 0 Å². The van der Waals surface area contributed by atoms with E-state index in [1.165, 1.54) is 13.8 Å². The second kappa shape index (κ2) is 5.75. The Morgan fingerprint density at radius 3 is 2.64 bits per heavy atom. The van der Waals surface area contributed by atoms with Crippen molar-refractivity contribution in [3.8, 4) is 0 Å². The summed E-state index contributed by atoms with van der Waals surface area (Å²) in [6.45, 7) is 2.73. The lowest BCUT2D eigenvalue weighted by molar-refractivity contribution is -0.167. The molecule has 0 bridgehead atoms. The van der Waals surface area contributed by atoms with Crippen molar-refractivity contribution in [1.82, 2.24) is 4.98 Å². The number of aromatic nitrogens is 1. The fraction of sp³-hybridized carbons (Fsp3) is 0.353. The van der Waals surface area contributed by atoms with E-state index in [1.54, 1.807) is 6.20 Å². The SMILES string of the molecule is CC(=O)O[C@H]1CCc2c(ccc3ncccc23)[C@@H]1OC(C)=O. The van der Waals surface area contributed by atoms with Crippen molar-refractivity contribution < 1.29 is 19.1 Å². The first-order valence-electron chi connectivity index (χ1n) is 7.27. The molecule has 1 aromatic heterocycles. The first-order chi connectivity index (χ1) is 10.6. The third-order valence-corrected chi connectivity index (χ3v) is 3.87. The van der Waals surface area contributed by atoms with Crippen LogP contribution >= 0.6 is 0 Å². The summed E-state index contributed by atoms with van der Waals surface area (Å²) in [6, 6.07) is 7.72. The number of hydrogen-bond donors (Lipinski definition) is 0. The molecular weight excluding hydrogens is 282 g/mol. The first kappa shape index (κ1) is 14.5. The Hall–Kier alpha value is -2.43. The molecule has 0 fully saturated rings. The fourth-order valence-electron chi connectivity index (χ4n) is 3.07. The summed E-state index contributed by atoms with van der Waals surface area (Å²) in [4.78, 5) is 27.1. The lowest BCUT2D eigenvalue weighted by Crippen LogP contribution is -2.32. The summed E-state index contributed by atoms with van der Waals surface area (Å²) in [7, 11) is 0. The van der Waals surface area contributed by atoms with Gasteiger partial charge in [0.05, 0.1) is 5.52 Å². The number of carbonyl (C=O) groups excluding carboxylic acids is 2. The third kappa shape index (κ3) is 2.66. The van der Waals surface area contributed by atoms with Gasteiger partial charge in [-0.1, -0.05) is 12.1 Å². The Morgan fingerprint density at radius 2 is 1.91 bits per heavy atom. The van der Waals surface area contributed by atoms with Gasteiger partial charge in [-0.05, 0) is 30.5 Å². The normalized spacial score (nSPS) is 20.3. The highest BCUT2D eigenvalue weighted by atomic mass is 16.6. The van der Waals surface area contributed by atoms with Crippen LogP contribution in [0.1, 0.15) is 37.5 Å². The monoisotopic (exact) mass is 299 g/mol. The van der Waals surface area contributed by atoms with Crippen molar-refractivity contribution >= 4 is 22.8 Å². The summed E-state index contributed by atoms with van der Waals surface area (Å²) in [5.41, 5.74) is 2.92. The van der Waals surface area contributed by atoms with E-state index >= 15 is 0 Å². The van der Waals surface area contributed by atoms with E-state index in [2.05, 4.69) is 4.98 Å². The van der Waals surface area contributed by atoms with E-state index < -0.39 is 12.2 Å². The number of esters is 2. The van der Waals surface area contributed by atoms with Crippen molar-refractivity contribution in [3.63, 3.8) is 0 Å². The van der Waals surface area contributed by atoms with Gasteiger partial charge in [-0.15, -0.1) is 0 Å². The summed E-state index contributed by atoms with van der Waals surface area (Å²) in [6.07, 6.45) is 2.13. The molecule has 22 heavy (non-hydrogen) atoms. The zero-order valence-corrected chi connectivity index (χ0v) is 12.5. The summed E-state index contributed by atoms with van der Waals surface area (Å²) in [5.74, 6) is -0.755. The molecule has 0 aliphatic heterocycles. The van der Waals surface area contributed by atoms with Gasteiger partial charge in [0.25, 0.3) is 0 Å². The van der Waals surface area contributed by atoms with Crippen LogP contribution in [0.4, 0.5) is 0 Å². The molecule has 0 unspecified atom stereocenters. The molecule has 0 spiro atoms. The molecule has 0 amide bonds. The van der Waals surface area contributed by atoms with Crippen molar-refractivity contribution in [2.75, 3.05) is 0 Å². The number of carbonyl (C=O) groups is 2. The van der Waals surface area contributed by atoms with Crippen LogP contribution in [-0.2, 0) is 25.5 Å². The number of nitrogens with zero attached hydrogens (tertiary/aromatic N) is 1. The van der Waals surface area contributed by atoms with Gasteiger partial charge in [0.1, 0.15) is 6.10 Å². The number of aryl methyl sites for hydroxylation is 1. The molecule has 0 N–H and O–H groups in total. The maximum absolute atomic E-state index is 11.4. The van der Waals surface area contributed by atoms with Crippen LogP contribution in [0.25, 0.3) is 10.9 Å². The molecule has 1 heterocycles. The van der Waals surface area contributed by atoms with Crippen molar-refractivity contribution in [1.29, 1.82) is 0 Å². The number of benzene rings is 1. The summed E-state index contributed by atoms with van der Waals surface area (Å²) >= 11 is 0. The van der Waals surface area contributed by atoms with Gasteiger partial charge in [0.15, 0.2) is 6.10 Å². The van der Waals surface area contributed by atoms with E-state index in [1.807, 2.05) is 24.3 Å². The van der Waals surface area contributed by atoms with Gasteiger partial charge in [0.2, 0.25) is 0 Å². The van der Waals surface area contributed by atoms with Crippen molar-refractivity contribution in [3.05, 3.63) is 41.6 Å². The Labute approximate surface area is 128 Å². The van der Waals surface area contributed by atoms with Crippen molar-refractivity contribution in [2.45, 2.75) is 38.9 Å². The summed E-state index contributed by atoms with van der Waals surface area (Å²) in [5, 5.41) is 1.05. The molecule has 0 saturated carbocycles. The number of rotatable bonds is 2. The van der Waals surface area contributed by atoms with E-state index in [4.69, 9.17) is 9.47 Å². The molecule has 1 aliphatic carbocycles. The fourth-order valence-corrected chi connectivity index (χ4v) is 3.07. The van der Waals surface area contributed by atoms with Gasteiger partial charge >= 0.3 is 11.9 Å². The standard InChI is InChI=1S/C17H17NO4/c1-10(19)21-16-8-6-12-13-4-3-9-18-15(13)7-5-14(12)17(16)22-11(2)20/h3-5,7,9,16-17H,6,8H2,1-2H3/t16-,17-/m0/s1. The van der Waals surface area contributed by atoms with Gasteiger partial charge in [-0.3, -0.25) is 14.6 Å². The van der Waals surface area contributed by atoms with E-state index in [0.717, 1.165) is 28.5 Å². The maximum atomic E-state index is 11.4. The van der Waals surface area contributed by atoms with Gasteiger partial charge in [-0.2, -0.15) is 0 Å². The maximum Gasteiger partial charge on any atom is 0.303 e. The van der Waals surface area contributed by atoms with Crippen LogP contribution in [0, 0.1) is 0 Å². The highest BCUT2D eigenvalue weighted by molar-refractivity contribution is 5.84. The number of pyridine rings is 1. The van der Waals surface area contributed by atoms with Crippen LogP contribution in [0.2, 0.25) is 0 Å². The topological polar surface area (TPSA) is 65.5 Å². The molecule has 2 atom stereocenters. The molecule has 1 aliphatic rings. The number of ether oxygens (including phenoxy) is 2.